The average molecular weight is 432 g/mol. The Morgan fingerprint density at radius 3 is 2.43 bits per heavy atom. The highest BCUT2D eigenvalue weighted by molar-refractivity contribution is 7.88. The molecule has 1 aromatic heterocycles. The van der Waals surface area contributed by atoms with Crippen LogP contribution in [0.3, 0.4) is 0 Å². The summed E-state index contributed by atoms with van der Waals surface area (Å²) >= 11 is 0. The summed E-state index contributed by atoms with van der Waals surface area (Å²) in [5.74, 6) is -0.534. The van der Waals surface area contributed by atoms with Crippen molar-refractivity contribution in [3.05, 3.63) is 81.8 Å². The van der Waals surface area contributed by atoms with Crippen molar-refractivity contribution in [1.82, 2.24) is 14.5 Å². The molecular weight excluding hydrogens is 411 g/mol. The Morgan fingerprint density at radius 2 is 1.80 bits per heavy atom. The Hall–Kier alpha value is -3.11. The minimum atomic E-state index is -3.54. The Kier molecular flexibility index (Phi) is 6.58. The number of nitro benzene ring substituents is 1. The number of non-ortho nitro benzene ring substituents is 1. The number of nitrogens with one attached hydrogen (secondary N) is 1. The summed E-state index contributed by atoms with van der Waals surface area (Å²) in [6, 6.07) is 13.4. The van der Waals surface area contributed by atoms with Gasteiger partial charge in [-0.2, -0.15) is 5.10 Å². The molecule has 3 aromatic rings. The van der Waals surface area contributed by atoms with E-state index in [2.05, 4.69) is 10.2 Å². The molecule has 3 rings (SSSR count). The summed E-state index contributed by atoms with van der Waals surface area (Å²) in [7, 11) is -2.03. The standard InChI is InChI=1S/C20H21FN4O4S/c1-24(30(28,29)14-15-4-10-19(11-5-15)25(26)27)12-2-3-18-13-20(23-22-18)16-6-8-17(21)9-7-16/h4-11,13H,2-3,12,14H2,1H3,(H,22,23). The fraction of sp³-hybridized carbons (Fsp3) is 0.250. The van der Waals surface area contributed by atoms with Crippen LogP contribution >= 0.6 is 0 Å². The van der Waals surface area contributed by atoms with E-state index in [1.165, 1.54) is 47.8 Å². The van der Waals surface area contributed by atoms with E-state index in [0.29, 0.717) is 30.6 Å². The molecule has 2 aromatic carbocycles. The van der Waals surface area contributed by atoms with Crippen molar-refractivity contribution in [2.45, 2.75) is 18.6 Å². The van der Waals surface area contributed by atoms with E-state index in [1.807, 2.05) is 6.07 Å². The molecule has 0 unspecified atom stereocenters. The third-order valence-electron chi connectivity index (χ3n) is 4.66. The number of H-pyrrole nitrogens is 1. The molecule has 30 heavy (non-hydrogen) atoms. The van der Waals surface area contributed by atoms with Crippen molar-refractivity contribution < 1.29 is 17.7 Å². The van der Waals surface area contributed by atoms with Crippen molar-refractivity contribution in [3.8, 4) is 11.3 Å². The number of sulfonamides is 1. The van der Waals surface area contributed by atoms with E-state index in [9.17, 15) is 22.9 Å². The monoisotopic (exact) mass is 432 g/mol. The molecule has 10 heteroatoms. The molecule has 0 spiro atoms. The molecule has 0 atom stereocenters. The molecule has 0 aliphatic carbocycles. The molecule has 158 valence electrons. The van der Waals surface area contributed by atoms with Gasteiger partial charge in [-0.05, 0) is 48.7 Å². The highest BCUT2D eigenvalue weighted by Crippen LogP contribution is 2.19. The molecule has 1 heterocycles. The second-order valence-electron chi connectivity index (χ2n) is 6.89. The van der Waals surface area contributed by atoms with Crippen LogP contribution in [0.5, 0.6) is 0 Å². The van der Waals surface area contributed by atoms with Crippen molar-refractivity contribution in [2.24, 2.45) is 0 Å². The first-order chi connectivity index (χ1) is 14.2. The molecule has 1 N–H and O–H groups in total. The summed E-state index contributed by atoms with van der Waals surface area (Å²) in [6.07, 6.45) is 1.19. The summed E-state index contributed by atoms with van der Waals surface area (Å²) in [4.78, 5) is 10.2. The predicted octanol–water partition coefficient (Wildman–Crippen LogP) is 3.52. The Bertz CT molecular complexity index is 1110. The lowest BCUT2D eigenvalue weighted by Crippen LogP contribution is -2.29. The van der Waals surface area contributed by atoms with Gasteiger partial charge < -0.3 is 0 Å². The number of rotatable bonds is 9. The van der Waals surface area contributed by atoms with E-state index in [0.717, 1.165) is 11.3 Å². The first kappa shape index (κ1) is 21.6. The maximum absolute atomic E-state index is 13.0. The van der Waals surface area contributed by atoms with Crippen molar-refractivity contribution in [3.63, 3.8) is 0 Å². The minimum Gasteiger partial charge on any atom is -0.282 e. The Labute approximate surface area is 173 Å². The highest BCUT2D eigenvalue weighted by atomic mass is 32.2. The van der Waals surface area contributed by atoms with Crippen LogP contribution in [-0.4, -0.2) is 41.4 Å². The van der Waals surface area contributed by atoms with Gasteiger partial charge in [0, 0.05) is 37.0 Å². The lowest BCUT2D eigenvalue weighted by molar-refractivity contribution is -0.384. The van der Waals surface area contributed by atoms with Crippen LogP contribution in [0, 0.1) is 15.9 Å². The number of aromatic amines is 1. The fourth-order valence-electron chi connectivity index (χ4n) is 2.92. The molecule has 0 saturated carbocycles. The molecular formula is C20H21FN4O4S. The topological polar surface area (TPSA) is 109 Å². The van der Waals surface area contributed by atoms with Crippen LogP contribution in [0.25, 0.3) is 11.3 Å². The number of benzene rings is 2. The maximum Gasteiger partial charge on any atom is 0.269 e. The number of aryl methyl sites for hydroxylation is 1. The van der Waals surface area contributed by atoms with Crippen LogP contribution in [0.1, 0.15) is 17.7 Å². The van der Waals surface area contributed by atoms with E-state index in [-0.39, 0.29) is 17.3 Å². The lowest BCUT2D eigenvalue weighted by Gasteiger charge is -2.17. The number of hydrogen-bond donors (Lipinski definition) is 1. The van der Waals surface area contributed by atoms with Crippen molar-refractivity contribution in [2.75, 3.05) is 13.6 Å². The quantitative estimate of drug-likeness (QED) is 0.411. The van der Waals surface area contributed by atoms with Gasteiger partial charge in [0.15, 0.2) is 0 Å². The van der Waals surface area contributed by atoms with Gasteiger partial charge in [-0.1, -0.05) is 12.1 Å². The predicted molar refractivity (Wildman–Crippen MR) is 111 cm³/mol. The zero-order valence-electron chi connectivity index (χ0n) is 16.3. The van der Waals surface area contributed by atoms with Gasteiger partial charge in [-0.3, -0.25) is 15.2 Å². The summed E-state index contributed by atoms with van der Waals surface area (Å²) < 4.78 is 39.3. The van der Waals surface area contributed by atoms with Crippen molar-refractivity contribution >= 4 is 15.7 Å². The normalized spacial score (nSPS) is 11.7. The van der Waals surface area contributed by atoms with Gasteiger partial charge in [0.05, 0.1) is 16.4 Å². The second kappa shape index (κ2) is 9.14. The molecule has 0 aliphatic rings. The number of hydrogen-bond acceptors (Lipinski definition) is 5. The first-order valence-electron chi connectivity index (χ1n) is 9.22. The molecule has 0 saturated heterocycles. The summed E-state index contributed by atoms with van der Waals surface area (Å²) in [5, 5.41) is 17.8. The van der Waals surface area contributed by atoms with E-state index in [1.54, 1.807) is 12.1 Å². The van der Waals surface area contributed by atoms with Crippen LogP contribution in [0.4, 0.5) is 10.1 Å². The highest BCUT2D eigenvalue weighted by Gasteiger charge is 2.19. The fourth-order valence-corrected chi connectivity index (χ4v) is 4.17. The van der Waals surface area contributed by atoms with Crippen LogP contribution in [0.15, 0.2) is 54.6 Å². The largest absolute Gasteiger partial charge is 0.282 e. The van der Waals surface area contributed by atoms with Gasteiger partial charge in [-0.25, -0.2) is 17.1 Å². The minimum absolute atomic E-state index is 0.0796. The average Bonchev–Trinajstić information content (AvgIpc) is 3.17. The van der Waals surface area contributed by atoms with E-state index >= 15 is 0 Å². The Balaban J connectivity index is 1.52. The smallest absolute Gasteiger partial charge is 0.269 e. The molecule has 0 fully saturated rings. The van der Waals surface area contributed by atoms with Gasteiger partial charge in [0.2, 0.25) is 10.0 Å². The number of nitro groups is 1. The number of halogens is 1. The van der Waals surface area contributed by atoms with E-state index in [4.69, 9.17) is 0 Å². The van der Waals surface area contributed by atoms with Gasteiger partial charge in [-0.15, -0.1) is 0 Å². The number of nitrogens with zero attached hydrogens (tertiary/aromatic N) is 3. The zero-order valence-corrected chi connectivity index (χ0v) is 17.1. The molecule has 8 nitrogen and oxygen atoms in total. The molecule has 0 amide bonds. The molecule has 0 bridgehead atoms. The van der Waals surface area contributed by atoms with Crippen LogP contribution < -0.4 is 0 Å². The van der Waals surface area contributed by atoms with Crippen LogP contribution in [-0.2, 0) is 22.2 Å². The Morgan fingerprint density at radius 1 is 1.13 bits per heavy atom. The maximum atomic E-state index is 13.0. The van der Waals surface area contributed by atoms with Crippen molar-refractivity contribution in [1.29, 1.82) is 0 Å². The zero-order chi connectivity index (χ0) is 21.7. The molecule has 0 aliphatic heterocycles. The second-order valence-corrected chi connectivity index (χ2v) is 8.97. The SMILES string of the molecule is CN(CCCc1cc(-c2ccc(F)cc2)n[nH]1)S(=O)(=O)Cc1ccc([N+](=O)[O-])cc1. The summed E-state index contributed by atoms with van der Waals surface area (Å²) in [5.41, 5.74) is 2.76. The first-order valence-corrected chi connectivity index (χ1v) is 10.8. The lowest BCUT2D eigenvalue weighted by atomic mass is 10.1. The van der Waals surface area contributed by atoms with Crippen LogP contribution in [0.2, 0.25) is 0 Å². The number of aromatic nitrogens is 2. The molecule has 0 radical (unpaired) electrons. The summed E-state index contributed by atoms with van der Waals surface area (Å²) in [6.45, 7) is 0.320. The third-order valence-corrected chi connectivity index (χ3v) is 6.49. The van der Waals surface area contributed by atoms with E-state index < -0.39 is 14.9 Å². The van der Waals surface area contributed by atoms with Gasteiger partial charge in [0.1, 0.15) is 5.82 Å². The van der Waals surface area contributed by atoms with Gasteiger partial charge >= 0.3 is 0 Å². The third kappa shape index (κ3) is 5.49. The van der Waals surface area contributed by atoms with Gasteiger partial charge in [0.25, 0.3) is 5.69 Å².